The maximum atomic E-state index is 12.7. The van der Waals surface area contributed by atoms with E-state index in [4.69, 9.17) is 4.74 Å². The van der Waals surface area contributed by atoms with Gasteiger partial charge in [0.1, 0.15) is 12.1 Å². The van der Waals surface area contributed by atoms with Crippen molar-refractivity contribution in [2.75, 3.05) is 13.7 Å². The number of hydrogen-bond donors (Lipinski definition) is 1. The summed E-state index contributed by atoms with van der Waals surface area (Å²) in [7, 11) is 1.64. The minimum absolute atomic E-state index is 0.0231. The number of hydrogen-bond acceptors (Lipinski definition) is 3. The highest BCUT2D eigenvalue weighted by molar-refractivity contribution is 5.97. The Balaban J connectivity index is 3.08. The van der Waals surface area contributed by atoms with Gasteiger partial charge in [-0.2, -0.15) is 0 Å². The molecule has 0 aromatic heterocycles. The summed E-state index contributed by atoms with van der Waals surface area (Å²) in [5, 5.41) is 2.85. The first-order chi connectivity index (χ1) is 9.47. The van der Waals surface area contributed by atoms with Crippen LogP contribution < -0.4 is 5.32 Å². The molecule has 2 amide bonds. The van der Waals surface area contributed by atoms with Crippen molar-refractivity contribution in [1.29, 1.82) is 0 Å². The number of carbonyl (C=O) groups excluding carboxylic acids is 2. The zero-order valence-electron chi connectivity index (χ0n) is 13.3. The van der Waals surface area contributed by atoms with Crippen molar-refractivity contribution in [3.05, 3.63) is 0 Å². The lowest BCUT2D eigenvalue weighted by atomic mass is 9.93. The molecule has 0 aromatic carbocycles. The smallest absolute Gasteiger partial charge is 0.246 e. The van der Waals surface area contributed by atoms with Crippen LogP contribution in [0.25, 0.3) is 0 Å². The van der Waals surface area contributed by atoms with E-state index in [0.717, 1.165) is 12.8 Å². The molecule has 1 saturated heterocycles. The van der Waals surface area contributed by atoms with Gasteiger partial charge >= 0.3 is 0 Å². The summed E-state index contributed by atoms with van der Waals surface area (Å²) in [5.41, 5.74) is 0. The quantitative estimate of drug-likeness (QED) is 0.772. The SMILES string of the molecule is CCCC(COC)N1C(=O)C(CC)NC(=O)C1C(C)C. The van der Waals surface area contributed by atoms with Crippen LogP contribution >= 0.6 is 0 Å². The molecule has 0 radical (unpaired) electrons. The van der Waals surface area contributed by atoms with Crippen LogP contribution in [-0.2, 0) is 14.3 Å². The number of rotatable bonds is 7. The highest BCUT2D eigenvalue weighted by Gasteiger charge is 2.44. The molecule has 0 spiro atoms. The maximum Gasteiger partial charge on any atom is 0.246 e. The second-order valence-electron chi connectivity index (χ2n) is 5.80. The van der Waals surface area contributed by atoms with Gasteiger partial charge in [-0.3, -0.25) is 9.59 Å². The first-order valence-corrected chi connectivity index (χ1v) is 7.59. The molecule has 116 valence electrons. The summed E-state index contributed by atoms with van der Waals surface area (Å²) in [4.78, 5) is 26.8. The molecule has 0 saturated carbocycles. The molecule has 5 heteroatoms. The van der Waals surface area contributed by atoms with Crippen LogP contribution in [0, 0.1) is 5.92 Å². The third-order valence-corrected chi connectivity index (χ3v) is 3.85. The summed E-state index contributed by atoms with van der Waals surface area (Å²) >= 11 is 0. The standard InChI is InChI=1S/C15H28N2O3/c1-6-8-11(9-20-5)17-13(10(3)4)14(18)16-12(7-2)15(17)19/h10-13H,6-9H2,1-5H3,(H,16,18). The summed E-state index contributed by atoms with van der Waals surface area (Å²) in [6.07, 6.45) is 2.44. The lowest BCUT2D eigenvalue weighted by molar-refractivity contribution is -0.155. The number of ether oxygens (including phenoxy) is 1. The zero-order chi connectivity index (χ0) is 15.3. The number of carbonyl (C=O) groups is 2. The first-order valence-electron chi connectivity index (χ1n) is 7.59. The van der Waals surface area contributed by atoms with Crippen molar-refractivity contribution >= 4 is 11.8 Å². The van der Waals surface area contributed by atoms with Crippen LogP contribution in [-0.4, -0.2) is 48.6 Å². The molecule has 0 bridgehead atoms. The van der Waals surface area contributed by atoms with Gasteiger partial charge in [-0.1, -0.05) is 34.1 Å². The van der Waals surface area contributed by atoms with E-state index in [1.807, 2.05) is 20.8 Å². The maximum absolute atomic E-state index is 12.7. The Morgan fingerprint density at radius 2 is 1.95 bits per heavy atom. The Morgan fingerprint density at radius 3 is 2.40 bits per heavy atom. The molecular formula is C15H28N2O3. The van der Waals surface area contributed by atoms with Crippen molar-refractivity contribution in [2.24, 2.45) is 5.92 Å². The van der Waals surface area contributed by atoms with Crippen molar-refractivity contribution in [1.82, 2.24) is 10.2 Å². The average molecular weight is 284 g/mol. The van der Waals surface area contributed by atoms with E-state index in [1.165, 1.54) is 0 Å². The number of nitrogens with zero attached hydrogens (tertiary/aromatic N) is 1. The molecular weight excluding hydrogens is 256 g/mol. The lowest BCUT2D eigenvalue weighted by Crippen LogP contribution is -2.67. The van der Waals surface area contributed by atoms with Gasteiger partial charge in [0.25, 0.3) is 0 Å². The van der Waals surface area contributed by atoms with E-state index in [2.05, 4.69) is 12.2 Å². The third kappa shape index (κ3) is 3.51. The van der Waals surface area contributed by atoms with E-state index < -0.39 is 12.1 Å². The molecule has 1 rings (SSSR count). The molecule has 0 aromatic rings. The fraction of sp³-hybridized carbons (Fsp3) is 0.867. The van der Waals surface area contributed by atoms with Crippen molar-refractivity contribution < 1.29 is 14.3 Å². The Kier molecular flexibility index (Phi) is 6.46. The van der Waals surface area contributed by atoms with Gasteiger partial charge in [0, 0.05) is 7.11 Å². The number of amides is 2. The highest BCUT2D eigenvalue weighted by Crippen LogP contribution is 2.23. The molecule has 5 nitrogen and oxygen atoms in total. The molecule has 1 heterocycles. The second-order valence-corrected chi connectivity index (χ2v) is 5.80. The molecule has 1 N–H and O–H groups in total. The number of piperazine rings is 1. The number of methoxy groups -OCH3 is 1. The van der Waals surface area contributed by atoms with Crippen molar-refractivity contribution in [3.63, 3.8) is 0 Å². The molecule has 1 fully saturated rings. The zero-order valence-corrected chi connectivity index (χ0v) is 13.3. The fourth-order valence-electron chi connectivity index (χ4n) is 2.90. The van der Waals surface area contributed by atoms with Gasteiger partial charge in [-0.15, -0.1) is 0 Å². The van der Waals surface area contributed by atoms with E-state index in [-0.39, 0.29) is 23.8 Å². The summed E-state index contributed by atoms with van der Waals surface area (Å²) in [5.74, 6) is 0.0814. The normalized spacial score (nSPS) is 25.0. The third-order valence-electron chi connectivity index (χ3n) is 3.85. The summed E-state index contributed by atoms with van der Waals surface area (Å²) < 4.78 is 5.26. The fourth-order valence-corrected chi connectivity index (χ4v) is 2.90. The molecule has 3 unspecified atom stereocenters. The predicted molar refractivity (Wildman–Crippen MR) is 78.3 cm³/mol. The van der Waals surface area contributed by atoms with Gasteiger partial charge < -0.3 is 15.0 Å². The van der Waals surface area contributed by atoms with Crippen molar-refractivity contribution in [2.45, 2.75) is 65.1 Å². The minimum Gasteiger partial charge on any atom is -0.383 e. The van der Waals surface area contributed by atoms with Gasteiger partial charge in [-0.25, -0.2) is 0 Å². The van der Waals surface area contributed by atoms with Crippen LogP contribution in [0.15, 0.2) is 0 Å². The van der Waals surface area contributed by atoms with Gasteiger partial charge in [0.2, 0.25) is 11.8 Å². The Morgan fingerprint density at radius 1 is 1.30 bits per heavy atom. The van der Waals surface area contributed by atoms with E-state index >= 15 is 0 Å². The van der Waals surface area contributed by atoms with E-state index in [9.17, 15) is 9.59 Å². The molecule has 1 aliphatic heterocycles. The van der Waals surface area contributed by atoms with E-state index in [1.54, 1.807) is 12.0 Å². The summed E-state index contributed by atoms with van der Waals surface area (Å²) in [6, 6.07) is -0.810. The topological polar surface area (TPSA) is 58.6 Å². The minimum atomic E-state index is -0.395. The second kappa shape index (κ2) is 7.62. The number of nitrogens with one attached hydrogen (secondary N) is 1. The lowest BCUT2D eigenvalue weighted by Gasteiger charge is -2.44. The van der Waals surface area contributed by atoms with Gasteiger partial charge in [0.05, 0.1) is 12.6 Å². The average Bonchev–Trinajstić information content (AvgIpc) is 2.39. The van der Waals surface area contributed by atoms with Crippen LogP contribution in [0.1, 0.15) is 47.0 Å². The van der Waals surface area contributed by atoms with Gasteiger partial charge in [0.15, 0.2) is 0 Å². The molecule has 3 atom stereocenters. The Bertz CT molecular complexity index is 338. The van der Waals surface area contributed by atoms with Crippen LogP contribution in [0.2, 0.25) is 0 Å². The predicted octanol–water partition coefficient (Wildman–Crippen LogP) is 1.56. The highest BCUT2D eigenvalue weighted by atomic mass is 16.5. The summed E-state index contributed by atoms with van der Waals surface area (Å²) in [6.45, 7) is 8.44. The monoisotopic (exact) mass is 284 g/mol. The first kappa shape index (κ1) is 17.0. The van der Waals surface area contributed by atoms with E-state index in [0.29, 0.717) is 13.0 Å². The Labute approximate surface area is 122 Å². The molecule has 0 aliphatic carbocycles. The van der Waals surface area contributed by atoms with Crippen molar-refractivity contribution in [3.8, 4) is 0 Å². The molecule has 20 heavy (non-hydrogen) atoms. The van der Waals surface area contributed by atoms with Crippen LogP contribution in [0.5, 0.6) is 0 Å². The largest absolute Gasteiger partial charge is 0.383 e. The van der Waals surface area contributed by atoms with Gasteiger partial charge in [-0.05, 0) is 18.8 Å². The molecule has 1 aliphatic rings. The van der Waals surface area contributed by atoms with Crippen LogP contribution in [0.3, 0.4) is 0 Å². The Hall–Kier alpha value is -1.10. The van der Waals surface area contributed by atoms with Crippen LogP contribution in [0.4, 0.5) is 0 Å².